The van der Waals surface area contributed by atoms with Crippen LogP contribution in [-0.4, -0.2) is 36.1 Å². The lowest BCUT2D eigenvalue weighted by atomic mass is 10.1. The maximum atomic E-state index is 6.32. The van der Waals surface area contributed by atoms with E-state index in [0.717, 1.165) is 37.0 Å². The molecule has 1 aliphatic rings. The van der Waals surface area contributed by atoms with Crippen molar-refractivity contribution in [2.24, 2.45) is 0 Å². The molecule has 0 spiro atoms. The van der Waals surface area contributed by atoms with Gasteiger partial charge in [0.25, 0.3) is 0 Å². The molecule has 1 atom stereocenters. The van der Waals surface area contributed by atoms with Gasteiger partial charge in [0.2, 0.25) is 0 Å². The zero-order valence-electron chi connectivity index (χ0n) is 12.2. The minimum absolute atomic E-state index is 0.351. The highest BCUT2D eigenvalue weighted by molar-refractivity contribution is 6.31. The van der Waals surface area contributed by atoms with Gasteiger partial charge in [-0.1, -0.05) is 35.9 Å². The van der Waals surface area contributed by atoms with Gasteiger partial charge in [0.15, 0.2) is 0 Å². The van der Waals surface area contributed by atoms with Crippen molar-refractivity contribution in [3.8, 4) is 0 Å². The van der Waals surface area contributed by atoms with E-state index in [1.165, 1.54) is 5.56 Å². The Hall–Kier alpha value is -1.58. The third-order valence-corrected chi connectivity index (χ3v) is 4.53. The summed E-state index contributed by atoms with van der Waals surface area (Å²) in [5, 5.41) is 0.858. The second kappa shape index (κ2) is 6.46. The maximum absolute atomic E-state index is 6.32. The van der Waals surface area contributed by atoms with Crippen molar-refractivity contribution in [3.63, 3.8) is 0 Å². The van der Waals surface area contributed by atoms with E-state index in [-0.39, 0.29) is 0 Å². The molecule has 0 radical (unpaired) electrons. The third kappa shape index (κ3) is 3.20. The number of halogens is 1. The molecule has 21 heavy (non-hydrogen) atoms. The van der Waals surface area contributed by atoms with Gasteiger partial charge < -0.3 is 4.90 Å². The first kappa shape index (κ1) is 14.4. The summed E-state index contributed by atoms with van der Waals surface area (Å²) in [6, 6.07) is 14.6. The fourth-order valence-corrected chi connectivity index (χ4v) is 3.18. The number of hydrogen-bond donors (Lipinski definition) is 0. The lowest BCUT2D eigenvalue weighted by molar-refractivity contribution is 0.198. The first-order chi connectivity index (χ1) is 10.3. The Bertz CT molecular complexity index is 580. The SMILES string of the molecule is CC(c1ccccc1Cl)N1CCN(c2ccccn2)CC1. The van der Waals surface area contributed by atoms with Crippen molar-refractivity contribution >= 4 is 17.4 Å². The van der Waals surface area contributed by atoms with E-state index in [1.54, 1.807) is 0 Å². The van der Waals surface area contributed by atoms with Gasteiger partial charge in [-0.15, -0.1) is 0 Å². The van der Waals surface area contributed by atoms with Gasteiger partial charge >= 0.3 is 0 Å². The molecule has 2 aromatic rings. The Balaban J connectivity index is 1.65. The second-order valence-corrected chi connectivity index (χ2v) is 5.82. The van der Waals surface area contributed by atoms with Gasteiger partial charge in [0.1, 0.15) is 5.82 Å². The van der Waals surface area contributed by atoms with E-state index >= 15 is 0 Å². The van der Waals surface area contributed by atoms with Crippen LogP contribution in [0.25, 0.3) is 0 Å². The molecule has 1 aromatic heterocycles. The number of pyridine rings is 1. The molecular formula is C17H20ClN3. The number of hydrogen-bond acceptors (Lipinski definition) is 3. The topological polar surface area (TPSA) is 19.4 Å². The molecule has 110 valence electrons. The summed E-state index contributed by atoms with van der Waals surface area (Å²) in [5.74, 6) is 1.07. The summed E-state index contributed by atoms with van der Waals surface area (Å²) in [6.07, 6.45) is 1.86. The van der Waals surface area contributed by atoms with Gasteiger partial charge in [-0.25, -0.2) is 4.98 Å². The number of benzene rings is 1. The molecule has 0 aliphatic carbocycles. The zero-order valence-corrected chi connectivity index (χ0v) is 13.0. The van der Waals surface area contributed by atoms with Crippen LogP contribution in [0.15, 0.2) is 48.7 Å². The van der Waals surface area contributed by atoms with Crippen molar-refractivity contribution in [2.45, 2.75) is 13.0 Å². The van der Waals surface area contributed by atoms with Crippen LogP contribution in [0, 0.1) is 0 Å². The molecule has 0 saturated carbocycles. The average molecular weight is 302 g/mol. The van der Waals surface area contributed by atoms with Crippen LogP contribution in [0.3, 0.4) is 0 Å². The molecule has 3 nitrogen and oxygen atoms in total. The van der Waals surface area contributed by atoms with Crippen molar-refractivity contribution < 1.29 is 0 Å². The molecule has 3 rings (SSSR count). The molecular weight excluding hydrogens is 282 g/mol. The Morgan fingerprint density at radius 1 is 1.00 bits per heavy atom. The molecule has 0 N–H and O–H groups in total. The van der Waals surface area contributed by atoms with Crippen LogP contribution in [0.2, 0.25) is 5.02 Å². The van der Waals surface area contributed by atoms with E-state index < -0.39 is 0 Å². The average Bonchev–Trinajstić information content (AvgIpc) is 2.56. The Kier molecular flexibility index (Phi) is 4.42. The molecule has 0 bridgehead atoms. The minimum Gasteiger partial charge on any atom is -0.354 e. The van der Waals surface area contributed by atoms with Crippen LogP contribution in [0.1, 0.15) is 18.5 Å². The highest BCUT2D eigenvalue weighted by Crippen LogP contribution is 2.28. The van der Waals surface area contributed by atoms with E-state index in [2.05, 4.69) is 39.9 Å². The van der Waals surface area contributed by atoms with E-state index in [1.807, 2.05) is 30.5 Å². The van der Waals surface area contributed by atoms with Crippen LogP contribution >= 0.6 is 11.6 Å². The van der Waals surface area contributed by atoms with Crippen molar-refractivity contribution in [2.75, 3.05) is 31.1 Å². The Morgan fingerprint density at radius 2 is 1.71 bits per heavy atom. The van der Waals surface area contributed by atoms with Gasteiger partial charge in [-0.3, -0.25) is 4.90 Å². The standard InChI is InChI=1S/C17H20ClN3/c1-14(15-6-2-3-7-16(15)18)20-10-12-21(13-11-20)17-8-4-5-9-19-17/h2-9,14H,10-13H2,1H3. The summed E-state index contributed by atoms with van der Waals surface area (Å²) < 4.78 is 0. The number of rotatable bonds is 3. The highest BCUT2D eigenvalue weighted by Gasteiger charge is 2.23. The van der Waals surface area contributed by atoms with Crippen LogP contribution in [0.5, 0.6) is 0 Å². The summed E-state index contributed by atoms with van der Waals surface area (Å²) >= 11 is 6.32. The van der Waals surface area contributed by atoms with Gasteiger partial charge in [0.05, 0.1) is 0 Å². The second-order valence-electron chi connectivity index (χ2n) is 5.41. The van der Waals surface area contributed by atoms with Crippen molar-refractivity contribution in [1.29, 1.82) is 0 Å². The highest BCUT2D eigenvalue weighted by atomic mass is 35.5. The lowest BCUT2D eigenvalue weighted by Crippen LogP contribution is -2.47. The molecule has 1 saturated heterocycles. The first-order valence-corrected chi connectivity index (χ1v) is 7.78. The Labute approximate surface area is 131 Å². The van der Waals surface area contributed by atoms with E-state index in [0.29, 0.717) is 6.04 Å². The largest absolute Gasteiger partial charge is 0.354 e. The molecule has 1 unspecified atom stereocenters. The molecule has 1 aromatic carbocycles. The minimum atomic E-state index is 0.351. The summed E-state index contributed by atoms with van der Waals surface area (Å²) in [5.41, 5.74) is 1.21. The smallest absolute Gasteiger partial charge is 0.128 e. The van der Waals surface area contributed by atoms with Gasteiger partial charge in [-0.2, -0.15) is 0 Å². The van der Waals surface area contributed by atoms with Crippen molar-refractivity contribution in [3.05, 3.63) is 59.2 Å². The van der Waals surface area contributed by atoms with Crippen LogP contribution < -0.4 is 4.90 Å². The summed E-state index contributed by atoms with van der Waals surface area (Å²) in [6.45, 7) is 6.31. The monoisotopic (exact) mass is 301 g/mol. The number of anilines is 1. The van der Waals surface area contributed by atoms with Crippen LogP contribution in [-0.2, 0) is 0 Å². The van der Waals surface area contributed by atoms with Crippen molar-refractivity contribution in [1.82, 2.24) is 9.88 Å². The molecule has 4 heteroatoms. The van der Waals surface area contributed by atoms with Gasteiger partial charge in [0, 0.05) is 43.4 Å². The summed E-state index contributed by atoms with van der Waals surface area (Å²) in [7, 11) is 0. The predicted octanol–water partition coefficient (Wildman–Crippen LogP) is 3.62. The normalized spacial score (nSPS) is 17.7. The number of nitrogens with zero attached hydrogens (tertiary/aromatic N) is 3. The van der Waals surface area contributed by atoms with E-state index in [9.17, 15) is 0 Å². The fourth-order valence-electron chi connectivity index (χ4n) is 2.89. The Morgan fingerprint density at radius 3 is 2.38 bits per heavy atom. The molecule has 1 aliphatic heterocycles. The molecule has 0 amide bonds. The van der Waals surface area contributed by atoms with Crippen LogP contribution in [0.4, 0.5) is 5.82 Å². The maximum Gasteiger partial charge on any atom is 0.128 e. The zero-order chi connectivity index (χ0) is 14.7. The first-order valence-electron chi connectivity index (χ1n) is 7.40. The number of aromatic nitrogens is 1. The lowest BCUT2D eigenvalue weighted by Gasteiger charge is -2.38. The fraction of sp³-hybridized carbons (Fsp3) is 0.353. The predicted molar refractivity (Wildman–Crippen MR) is 87.9 cm³/mol. The third-order valence-electron chi connectivity index (χ3n) is 4.19. The number of piperazine rings is 1. The quantitative estimate of drug-likeness (QED) is 0.863. The summed E-state index contributed by atoms with van der Waals surface area (Å²) in [4.78, 5) is 9.26. The van der Waals surface area contributed by atoms with E-state index in [4.69, 9.17) is 11.6 Å². The van der Waals surface area contributed by atoms with Gasteiger partial charge in [-0.05, 0) is 30.7 Å². The molecule has 1 fully saturated rings. The molecule has 2 heterocycles.